The van der Waals surface area contributed by atoms with Crippen LogP contribution in [0.3, 0.4) is 0 Å². The number of hydrogen-bond acceptors (Lipinski definition) is 6. The van der Waals surface area contributed by atoms with Gasteiger partial charge in [-0.25, -0.2) is 9.67 Å². The van der Waals surface area contributed by atoms with Crippen LogP contribution in [-0.2, 0) is 11.3 Å². The maximum atomic E-state index is 11.0. The molecule has 1 aromatic heterocycles. The molecular weight excluding hydrogens is 236 g/mol. The quantitative estimate of drug-likeness (QED) is 0.657. The summed E-state index contributed by atoms with van der Waals surface area (Å²) in [4.78, 5) is 15.1. The van der Waals surface area contributed by atoms with E-state index in [1.807, 2.05) is 0 Å². The van der Waals surface area contributed by atoms with Gasteiger partial charge in [-0.3, -0.25) is 4.79 Å². The Morgan fingerprint density at radius 1 is 1.44 bits per heavy atom. The van der Waals surface area contributed by atoms with Gasteiger partial charge >= 0.3 is 0 Å². The molecule has 2 rings (SSSR count). The van der Waals surface area contributed by atoms with Gasteiger partial charge in [0, 0.05) is 6.08 Å². The number of carbonyl (C=O) groups is 1. The summed E-state index contributed by atoms with van der Waals surface area (Å²) in [5, 5.41) is 22.3. The van der Waals surface area contributed by atoms with Crippen molar-refractivity contribution in [3.63, 3.8) is 0 Å². The second kappa shape index (κ2) is 4.84. The van der Waals surface area contributed by atoms with Gasteiger partial charge in [-0.15, -0.1) is 0 Å². The molecule has 18 heavy (non-hydrogen) atoms. The highest BCUT2D eigenvalue weighted by atomic mass is 16.3. The largest absolute Gasteiger partial charge is 0.506 e. The summed E-state index contributed by atoms with van der Waals surface area (Å²) >= 11 is 0. The van der Waals surface area contributed by atoms with E-state index < -0.39 is 0 Å². The average molecular weight is 248 g/mol. The number of nitrogen functional groups attached to an aromatic ring is 1. The molecule has 0 saturated heterocycles. The van der Waals surface area contributed by atoms with Crippen molar-refractivity contribution in [2.24, 2.45) is 4.99 Å². The summed E-state index contributed by atoms with van der Waals surface area (Å²) < 4.78 is 1.40. The molecule has 0 atom stereocenters. The van der Waals surface area contributed by atoms with Crippen LogP contribution in [0, 0.1) is 0 Å². The SMILES string of the molecule is Nc1c(/N=C2/C=CC(=O)C=C2O)cnn1CCO. The standard InChI is InChI=1S/C11H12N4O3/c12-11-9(6-13-15(11)3-4-16)14-8-2-1-7(17)5-10(8)18/h1-2,5-6,16,18H,3-4,12H2/b14-8-. The lowest BCUT2D eigenvalue weighted by atomic mass is 10.1. The minimum atomic E-state index is -0.296. The van der Waals surface area contributed by atoms with Crippen LogP contribution in [0.25, 0.3) is 0 Å². The fourth-order valence-corrected chi connectivity index (χ4v) is 1.47. The van der Waals surface area contributed by atoms with Crippen LogP contribution >= 0.6 is 0 Å². The van der Waals surface area contributed by atoms with E-state index in [0.717, 1.165) is 6.08 Å². The van der Waals surface area contributed by atoms with E-state index in [1.165, 1.54) is 23.0 Å². The molecule has 0 unspecified atom stereocenters. The number of ketones is 1. The van der Waals surface area contributed by atoms with E-state index in [2.05, 4.69) is 10.1 Å². The Morgan fingerprint density at radius 3 is 2.89 bits per heavy atom. The van der Waals surface area contributed by atoms with E-state index >= 15 is 0 Å². The molecule has 0 saturated carbocycles. The summed E-state index contributed by atoms with van der Waals surface area (Å²) in [6.07, 6.45) is 5.20. The van der Waals surface area contributed by atoms with Crippen molar-refractivity contribution in [3.05, 3.63) is 30.2 Å². The van der Waals surface area contributed by atoms with Gasteiger partial charge in [0.25, 0.3) is 0 Å². The lowest BCUT2D eigenvalue weighted by Crippen LogP contribution is -2.08. The van der Waals surface area contributed by atoms with E-state index in [-0.39, 0.29) is 36.2 Å². The van der Waals surface area contributed by atoms with Crippen LogP contribution in [0.2, 0.25) is 0 Å². The van der Waals surface area contributed by atoms with E-state index in [0.29, 0.717) is 5.69 Å². The third-order valence-electron chi connectivity index (χ3n) is 2.36. The van der Waals surface area contributed by atoms with Gasteiger partial charge in [0.15, 0.2) is 5.78 Å². The van der Waals surface area contributed by atoms with Gasteiger partial charge in [-0.2, -0.15) is 5.10 Å². The average Bonchev–Trinajstić information content (AvgIpc) is 2.66. The van der Waals surface area contributed by atoms with Gasteiger partial charge in [-0.05, 0) is 12.2 Å². The normalized spacial score (nSPS) is 17.3. The molecule has 0 amide bonds. The molecule has 0 spiro atoms. The Morgan fingerprint density at radius 2 is 2.22 bits per heavy atom. The molecular formula is C11H12N4O3. The number of hydrogen-bond donors (Lipinski definition) is 3. The zero-order chi connectivity index (χ0) is 13.1. The third kappa shape index (κ3) is 2.30. The lowest BCUT2D eigenvalue weighted by molar-refractivity contribution is -0.110. The molecule has 0 aromatic carbocycles. The van der Waals surface area contributed by atoms with Crippen molar-refractivity contribution in [3.8, 4) is 0 Å². The second-order valence-corrected chi connectivity index (χ2v) is 3.62. The number of aliphatic imine (C=N–C) groups is 1. The first-order valence-corrected chi connectivity index (χ1v) is 5.25. The molecule has 7 heteroatoms. The first-order valence-electron chi connectivity index (χ1n) is 5.25. The van der Waals surface area contributed by atoms with Gasteiger partial charge in [0.1, 0.15) is 23.0 Å². The Hall–Kier alpha value is -2.41. The smallest absolute Gasteiger partial charge is 0.182 e. The summed E-state index contributed by atoms with van der Waals surface area (Å²) in [5.41, 5.74) is 6.38. The van der Waals surface area contributed by atoms with Crippen molar-refractivity contribution >= 4 is 23.0 Å². The highest BCUT2D eigenvalue weighted by Gasteiger charge is 2.12. The van der Waals surface area contributed by atoms with Crippen LogP contribution in [0.15, 0.2) is 35.2 Å². The van der Waals surface area contributed by atoms with Crippen molar-refractivity contribution in [2.45, 2.75) is 6.54 Å². The predicted molar refractivity (Wildman–Crippen MR) is 65.7 cm³/mol. The molecule has 0 aliphatic heterocycles. The fraction of sp³-hybridized carbons (Fsp3) is 0.182. The Bertz CT molecular complexity index is 569. The molecule has 1 aliphatic carbocycles. The van der Waals surface area contributed by atoms with Crippen LogP contribution in [0.5, 0.6) is 0 Å². The van der Waals surface area contributed by atoms with Crippen molar-refractivity contribution in [2.75, 3.05) is 12.3 Å². The fourth-order valence-electron chi connectivity index (χ4n) is 1.47. The number of rotatable bonds is 3. The number of aliphatic hydroxyl groups is 2. The number of aromatic nitrogens is 2. The number of carbonyl (C=O) groups excluding carboxylic acids is 1. The number of aliphatic hydroxyl groups excluding tert-OH is 2. The van der Waals surface area contributed by atoms with E-state index in [9.17, 15) is 9.90 Å². The van der Waals surface area contributed by atoms with E-state index in [4.69, 9.17) is 10.8 Å². The van der Waals surface area contributed by atoms with Crippen LogP contribution in [0.1, 0.15) is 0 Å². The zero-order valence-electron chi connectivity index (χ0n) is 9.45. The molecule has 0 bridgehead atoms. The van der Waals surface area contributed by atoms with Crippen molar-refractivity contribution < 1.29 is 15.0 Å². The number of anilines is 1. The second-order valence-electron chi connectivity index (χ2n) is 3.62. The first-order chi connectivity index (χ1) is 8.61. The summed E-state index contributed by atoms with van der Waals surface area (Å²) in [6.45, 7) is 0.189. The van der Waals surface area contributed by atoms with Gasteiger partial charge < -0.3 is 15.9 Å². The minimum Gasteiger partial charge on any atom is -0.506 e. The number of allylic oxidation sites excluding steroid dienone is 3. The third-order valence-corrected chi connectivity index (χ3v) is 2.36. The first kappa shape index (κ1) is 12.1. The van der Waals surface area contributed by atoms with Crippen LogP contribution in [-0.4, -0.2) is 38.1 Å². The molecule has 94 valence electrons. The van der Waals surface area contributed by atoms with Crippen molar-refractivity contribution in [1.29, 1.82) is 0 Å². The monoisotopic (exact) mass is 248 g/mol. The summed E-state index contributed by atoms with van der Waals surface area (Å²) in [7, 11) is 0. The van der Waals surface area contributed by atoms with E-state index in [1.54, 1.807) is 0 Å². The molecule has 1 aliphatic rings. The Kier molecular flexibility index (Phi) is 3.24. The van der Waals surface area contributed by atoms with Crippen molar-refractivity contribution in [1.82, 2.24) is 9.78 Å². The number of nitrogens with two attached hydrogens (primary N) is 1. The van der Waals surface area contributed by atoms with Crippen LogP contribution in [0.4, 0.5) is 11.5 Å². The molecule has 0 radical (unpaired) electrons. The van der Waals surface area contributed by atoms with Crippen LogP contribution < -0.4 is 5.73 Å². The van der Waals surface area contributed by atoms with Gasteiger partial charge in [0.2, 0.25) is 0 Å². The summed E-state index contributed by atoms with van der Waals surface area (Å²) in [6, 6.07) is 0. The highest BCUT2D eigenvalue weighted by Crippen LogP contribution is 2.22. The molecule has 0 fully saturated rings. The molecule has 1 heterocycles. The molecule has 1 aromatic rings. The molecule has 7 nitrogen and oxygen atoms in total. The Labute approximate surface area is 103 Å². The zero-order valence-corrected chi connectivity index (χ0v) is 9.45. The Balaban J connectivity index is 2.31. The predicted octanol–water partition coefficient (Wildman–Crippen LogP) is 0.111. The minimum absolute atomic E-state index is 0.0819. The van der Waals surface area contributed by atoms with Gasteiger partial charge in [-0.1, -0.05) is 0 Å². The maximum Gasteiger partial charge on any atom is 0.182 e. The summed E-state index contributed by atoms with van der Waals surface area (Å²) in [5.74, 6) is -0.221. The lowest BCUT2D eigenvalue weighted by Gasteiger charge is -2.04. The molecule has 4 N–H and O–H groups in total. The van der Waals surface area contributed by atoms with Gasteiger partial charge in [0.05, 0.1) is 19.3 Å². The number of nitrogens with zero attached hydrogens (tertiary/aromatic N) is 3. The highest BCUT2D eigenvalue weighted by molar-refractivity contribution is 6.19. The topological polar surface area (TPSA) is 114 Å². The maximum absolute atomic E-state index is 11.0.